The molecule has 14 heavy (non-hydrogen) atoms. The smallest absolute Gasteiger partial charge is 0.356 e. The molecule has 0 atom stereocenters. The summed E-state index contributed by atoms with van der Waals surface area (Å²) in [5.41, 5.74) is 2.47. The van der Waals surface area contributed by atoms with Gasteiger partial charge in [-0.05, 0) is 32.1 Å². The van der Waals surface area contributed by atoms with Gasteiger partial charge in [0.05, 0.1) is 6.04 Å². The molecule has 0 spiro atoms. The first-order chi connectivity index (χ1) is 6.77. The number of aromatic carboxylic acids is 1. The summed E-state index contributed by atoms with van der Waals surface area (Å²) in [5, 5.41) is 13.2. The lowest BCUT2D eigenvalue weighted by Crippen LogP contribution is -2.04. The molecule has 1 saturated carbocycles. The molecule has 0 radical (unpaired) electrons. The fourth-order valence-corrected chi connectivity index (χ4v) is 2.26. The number of nitrogens with zero attached hydrogens (tertiary/aromatic N) is 2. The zero-order valence-electron chi connectivity index (χ0n) is 7.86. The summed E-state index contributed by atoms with van der Waals surface area (Å²) < 4.78 is 1.96. The van der Waals surface area contributed by atoms with Gasteiger partial charge in [-0.3, -0.25) is 4.68 Å². The van der Waals surface area contributed by atoms with Crippen molar-refractivity contribution in [1.29, 1.82) is 0 Å². The Morgan fingerprint density at radius 3 is 2.86 bits per heavy atom. The number of aromatic nitrogens is 2. The van der Waals surface area contributed by atoms with Crippen LogP contribution in [0.3, 0.4) is 0 Å². The maximum atomic E-state index is 10.9. The van der Waals surface area contributed by atoms with Gasteiger partial charge in [0.2, 0.25) is 0 Å². The fraction of sp³-hybridized carbons (Fsp3) is 0.600. The van der Waals surface area contributed by atoms with E-state index >= 15 is 0 Å². The highest BCUT2D eigenvalue weighted by Crippen LogP contribution is 2.38. The Kier molecular flexibility index (Phi) is 1.48. The van der Waals surface area contributed by atoms with Crippen molar-refractivity contribution < 1.29 is 9.90 Å². The summed E-state index contributed by atoms with van der Waals surface area (Å²) in [5.74, 6) is -0.873. The van der Waals surface area contributed by atoms with Crippen molar-refractivity contribution in [1.82, 2.24) is 9.78 Å². The monoisotopic (exact) mass is 192 g/mol. The lowest BCUT2D eigenvalue weighted by atomic mass is 10.2. The van der Waals surface area contributed by atoms with E-state index < -0.39 is 5.97 Å². The van der Waals surface area contributed by atoms with Crippen LogP contribution in [0.1, 0.15) is 47.1 Å². The van der Waals surface area contributed by atoms with E-state index in [4.69, 9.17) is 5.11 Å². The normalized spacial score (nSPS) is 19.7. The topological polar surface area (TPSA) is 55.1 Å². The molecule has 1 aromatic heterocycles. The molecule has 1 aromatic rings. The number of fused-ring (bicyclic) bond motifs is 1. The predicted octanol–water partition coefficient (Wildman–Crippen LogP) is 1.40. The number of hydrogen-bond donors (Lipinski definition) is 1. The van der Waals surface area contributed by atoms with Gasteiger partial charge < -0.3 is 5.11 Å². The molecule has 4 nitrogen and oxygen atoms in total. The maximum Gasteiger partial charge on any atom is 0.356 e. The number of carboxylic acids is 1. The highest BCUT2D eigenvalue weighted by Gasteiger charge is 2.33. The van der Waals surface area contributed by atoms with Gasteiger partial charge in [0.15, 0.2) is 5.69 Å². The molecular weight excluding hydrogens is 180 g/mol. The zero-order chi connectivity index (χ0) is 9.71. The van der Waals surface area contributed by atoms with Crippen LogP contribution in [0.25, 0.3) is 0 Å². The molecule has 0 bridgehead atoms. The largest absolute Gasteiger partial charge is 0.476 e. The van der Waals surface area contributed by atoms with Crippen molar-refractivity contribution in [3.8, 4) is 0 Å². The third kappa shape index (κ3) is 0.997. The van der Waals surface area contributed by atoms with Crippen LogP contribution in [0.5, 0.6) is 0 Å². The standard InChI is InChI=1S/C10H12N2O2/c13-10(14)9-7-2-1-3-8(7)12(11-9)6-4-5-6/h6H,1-5H2,(H,13,14). The summed E-state index contributed by atoms with van der Waals surface area (Å²) in [6.07, 6.45) is 5.30. The first-order valence-corrected chi connectivity index (χ1v) is 5.11. The number of rotatable bonds is 2. The average molecular weight is 192 g/mol. The molecule has 2 aliphatic rings. The molecule has 0 unspecified atom stereocenters. The summed E-state index contributed by atoms with van der Waals surface area (Å²) in [4.78, 5) is 10.9. The van der Waals surface area contributed by atoms with Crippen molar-refractivity contribution >= 4 is 5.97 Å². The summed E-state index contributed by atoms with van der Waals surface area (Å²) in [6, 6.07) is 0.495. The summed E-state index contributed by atoms with van der Waals surface area (Å²) in [6.45, 7) is 0. The van der Waals surface area contributed by atoms with Crippen LogP contribution in [0.2, 0.25) is 0 Å². The third-order valence-corrected chi connectivity index (χ3v) is 3.05. The molecule has 4 heteroatoms. The minimum absolute atomic E-state index is 0.296. The first-order valence-electron chi connectivity index (χ1n) is 5.11. The minimum Gasteiger partial charge on any atom is -0.476 e. The van der Waals surface area contributed by atoms with Gasteiger partial charge in [0, 0.05) is 11.3 Å². The SMILES string of the molecule is O=C(O)c1nn(C2CC2)c2c1CCC2. The Morgan fingerprint density at radius 2 is 2.21 bits per heavy atom. The molecule has 2 aliphatic carbocycles. The van der Waals surface area contributed by atoms with Crippen LogP contribution in [0.4, 0.5) is 0 Å². The molecule has 1 heterocycles. The van der Waals surface area contributed by atoms with E-state index in [1.54, 1.807) is 0 Å². The number of carboxylic acid groups (broad SMARTS) is 1. The Labute approximate surface area is 81.5 Å². The van der Waals surface area contributed by atoms with Crippen LogP contribution in [-0.2, 0) is 12.8 Å². The van der Waals surface area contributed by atoms with Crippen LogP contribution in [0, 0.1) is 0 Å². The molecule has 1 N–H and O–H groups in total. The van der Waals surface area contributed by atoms with Gasteiger partial charge in [0.25, 0.3) is 0 Å². The van der Waals surface area contributed by atoms with E-state index in [9.17, 15) is 4.79 Å². The van der Waals surface area contributed by atoms with E-state index in [1.165, 1.54) is 5.69 Å². The van der Waals surface area contributed by atoms with Gasteiger partial charge >= 0.3 is 5.97 Å². The van der Waals surface area contributed by atoms with Crippen LogP contribution >= 0.6 is 0 Å². The van der Waals surface area contributed by atoms with Crippen molar-refractivity contribution in [3.63, 3.8) is 0 Å². The molecule has 3 rings (SSSR count). The van der Waals surface area contributed by atoms with Gasteiger partial charge in [-0.2, -0.15) is 5.10 Å². The molecule has 0 aliphatic heterocycles. The Morgan fingerprint density at radius 1 is 1.43 bits per heavy atom. The van der Waals surface area contributed by atoms with E-state index in [0.29, 0.717) is 11.7 Å². The molecule has 74 valence electrons. The second-order valence-corrected chi connectivity index (χ2v) is 4.11. The third-order valence-electron chi connectivity index (χ3n) is 3.05. The molecule has 0 amide bonds. The van der Waals surface area contributed by atoms with E-state index in [1.807, 2.05) is 4.68 Å². The van der Waals surface area contributed by atoms with Crippen LogP contribution in [0.15, 0.2) is 0 Å². The average Bonchev–Trinajstić information content (AvgIpc) is 2.76. The maximum absolute atomic E-state index is 10.9. The van der Waals surface area contributed by atoms with Crippen LogP contribution < -0.4 is 0 Å². The zero-order valence-corrected chi connectivity index (χ0v) is 7.86. The first kappa shape index (κ1) is 8.03. The summed E-state index contributed by atoms with van der Waals surface area (Å²) in [7, 11) is 0. The van der Waals surface area contributed by atoms with Crippen molar-refractivity contribution in [2.45, 2.75) is 38.1 Å². The van der Waals surface area contributed by atoms with Crippen molar-refractivity contribution in [2.75, 3.05) is 0 Å². The fourth-order valence-electron chi connectivity index (χ4n) is 2.26. The second-order valence-electron chi connectivity index (χ2n) is 4.11. The van der Waals surface area contributed by atoms with Crippen LogP contribution in [-0.4, -0.2) is 20.9 Å². The van der Waals surface area contributed by atoms with Gasteiger partial charge in [-0.15, -0.1) is 0 Å². The van der Waals surface area contributed by atoms with E-state index in [-0.39, 0.29) is 0 Å². The molecule has 0 saturated heterocycles. The number of carbonyl (C=O) groups is 1. The Bertz CT molecular complexity index is 404. The van der Waals surface area contributed by atoms with Gasteiger partial charge in [-0.1, -0.05) is 0 Å². The molecule has 1 fully saturated rings. The Hall–Kier alpha value is -1.32. The van der Waals surface area contributed by atoms with E-state index in [2.05, 4.69) is 5.10 Å². The van der Waals surface area contributed by atoms with Crippen molar-refractivity contribution in [2.24, 2.45) is 0 Å². The Balaban J connectivity index is 2.13. The highest BCUT2D eigenvalue weighted by molar-refractivity contribution is 5.87. The van der Waals surface area contributed by atoms with E-state index in [0.717, 1.165) is 37.7 Å². The minimum atomic E-state index is -0.873. The van der Waals surface area contributed by atoms with Gasteiger partial charge in [0.1, 0.15) is 0 Å². The molecular formula is C10H12N2O2. The predicted molar refractivity (Wildman–Crippen MR) is 49.5 cm³/mol. The van der Waals surface area contributed by atoms with Gasteiger partial charge in [-0.25, -0.2) is 4.79 Å². The summed E-state index contributed by atoms with van der Waals surface area (Å²) >= 11 is 0. The lowest BCUT2D eigenvalue weighted by molar-refractivity contribution is 0.0688. The highest BCUT2D eigenvalue weighted by atomic mass is 16.4. The molecule has 0 aromatic carbocycles. The number of hydrogen-bond acceptors (Lipinski definition) is 2. The second kappa shape index (κ2) is 2.59. The quantitative estimate of drug-likeness (QED) is 0.770. The lowest BCUT2D eigenvalue weighted by Gasteiger charge is -2.00. The van der Waals surface area contributed by atoms with Crippen molar-refractivity contribution in [3.05, 3.63) is 17.0 Å².